The quantitative estimate of drug-likeness (QED) is 0.784. The summed E-state index contributed by atoms with van der Waals surface area (Å²) in [5.41, 5.74) is 2.40. The molecule has 0 radical (unpaired) electrons. The average Bonchev–Trinajstić information content (AvgIpc) is 2.59. The van der Waals surface area contributed by atoms with Crippen LogP contribution in [0, 0.1) is 0 Å². The van der Waals surface area contributed by atoms with Crippen molar-refractivity contribution in [3.05, 3.63) is 65.7 Å². The van der Waals surface area contributed by atoms with Crippen molar-refractivity contribution >= 4 is 20.3 Å². The summed E-state index contributed by atoms with van der Waals surface area (Å²) in [6, 6.07) is 16.4. The molecule has 0 unspecified atom stereocenters. The van der Waals surface area contributed by atoms with Gasteiger partial charge in [0.25, 0.3) is 0 Å². The lowest BCUT2D eigenvalue weighted by Gasteiger charge is -2.04. The van der Waals surface area contributed by atoms with Crippen molar-refractivity contribution in [3.63, 3.8) is 0 Å². The van der Waals surface area contributed by atoms with E-state index in [1.165, 1.54) is 0 Å². The Morgan fingerprint density at radius 2 is 1.44 bits per heavy atom. The Labute approximate surface area is 107 Å². The van der Waals surface area contributed by atoms with Crippen LogP contribution in [-0.2, 0) is 9.84 Å². The van der Waals surface area contributed by atoms with Gasteiger partial charge in [-0.2, -0.15) is 0 Å². The fourth-order valence-corrected chi connectivity index (χ4v) is 4.35. The van der Waals surface area contributed by atoms with Gasteiger partial charge >= 0.3 is 0 Å². The first-order valence-electron chi connectivity index (χ1n) is 5.73. The number of sulfone groups is 1. The SMILES string of the molecule is CC1=C(c2ccccc2)S(=O)(=O)c2ccccc21. The molecule has 0 spiro atoms. The molecule has 0 saturated carbocycles. The summed E-state index contributed by atoms with van der Waals surface area (Å²) >= 11 is 0. The van der Waals surface area contributed by atoms with E-state index >= 15 is 0 Å². The predicted molar refractivity (Wildman–Crippen MR) is 72.6 cm³/mol. The second kappa shape index (κ2) is 3.82. The Balaban J connectivity index is 2.34. The maximum absolute atomic E-state index is 12.5. The zero-order chi connectivity index (χ0) is 12.8. The molecule has 2 nitrogen and oxygen atoms in total. The lowest BCUT2D eigenvalue weighted by Crippen LogP contribution is -1.99. The highest BCUT2D eigenvalue weighted by Crippen LogP contribution is 2.43. The number of rotatable bonds is 1. The first-order chi connectivity index (χ1) is 8.62. The number of hydrogen-bond donors (Lipinski definition) is 0. The largest absolute Gasteiger partial charge is 0.218 e. The van der Waals surface area contributed by atoms with Gasteiger partial charge in [0, 0.05) is 0 Å². The molecule has 18 heavy (non-hydrogen) atoms. The van der Waals surface area contributed by atoms with Gasteiger partial charge < -0.3 is 0 Å². The lowest BCUT2D eigenvalue weighted by atomic mass is 10.0. The summed E-state index contributed by atoms with van der Waals surface area (Å²) in [5, 5.41) is 0. The number of allylic oxidation sites excluding steroid dienone is 1. The van der Waals surface area contributed by atoms with Crippen LogP contribution in [0.3, 0.4) is 0 Å². The molecule has 3 heteroatoms. The van der Waals surface area contributed by atoms with Crippen molar-refractivity contribution < 1.29 is 8.42 Å². The Kier molecular flexibility index (Phi) is 2.38. The maximum atomic E-state index is 12.5. The number of fused-ring (bicyclic) bond motifs is 1. The topological polar surface area (TPSA) is 34.1 Å². The first kappa shape index (κ1) is 11.2. The highest BCUT2D eigenvalue weighted by molar-refractivity contribution is 8.01. The summed E-state index contributed by atoms with van der Waals surface area (Å²) in [4.78, 5) is 0.852. The summed E-state index contributed by atoms with van der Waals surface area (Å²) in [5.74, 6) is 0. The second-order valence-corrected chi connectivity index (χ2v) is 6.17. The highest BCUT2D eigenvalue weighted by atomic mass is 32.2. The standard InChI is InChI=1S/C15H12O2S/c1-11-13-9-5-6-10-14(13)18(16,17)15(11)12-7-3-2-4-8-12/h2-10H,1H3. The predicted octanol–water partition coefficient (Wildman–Crippen LogP) is 3.36. The van der Waals surface area contributed by atoms with Crippen molar-refractivity contribution in [1.82, 2.24) is 0 Å². The minimum Gasteiger partial charge on any atom is -0.218 e. The lowest BCUT2D eigenvalue weighted by molar-refractivity contribution is 0.606. The smallest absolute Gasteiger partial charge is 0.208 e. The van der Waals surface area contributed by atoms with Gasteiger partial charge in [0.2, 0.25) is 9.84 Å². The number of hydrogen-bond acceptors (Lipinski definition) is 2. The van der Waals surface area contributed by atoms with Gasteiger partial charge in [0.15, 0.2) is 0 Å². The molecule has 0 saturated heterocycles. The third kappa shape index (κ3) is 1.44. The Morgan fingerprint density at radius 3 is 2.11 bits per heavy atom. The summed E-state index contributed by atoms with van der Waals surface area (Å²) < 4.78 is 25.1. The fraction of sp³-hybridized carbons (Fsp3) is 0.0667. The molecular weight excluding hydrogens is 244 g/mol. The first-order valence-corrected chi connectivity index (χ1v) is 7.21. The molecule has 0 amide bonds. The van der Waals surface area contributed by atoms with Crippen molar-refractivity contribution in [2.45, 2.75) is 11.8 Å². The van der Waals surface area contributed by atoms with Gasteiger partial charge in [0.1, 0.15) is 0 Å². The normalized spacial score (nSPS) is 16.7. The van der Waals surface area contributed by atoms with E-state index in [0.717, 1.165) is 16.7 Å². The Hall–Kier alpha value is -1.87. The molecule has 0 bridgehead atoms. The molecule has 0 fully saturated rings. The zero-order valence-corrected chi connectivity index (χ0v) is 10.7. The van der Waals surface area contributed by atoms with E-state index in [1.54, 1.807) is 12.1 Å². The third-order valence-corrected chi connectivity index (χ3v) is 5.24. The van der Waals surface area contributed by atoms with E-state index in [9.17, 15) is 8.42 Å². The fourth-order valence-electron chi connectivity index (χ4n) is 2.41. The van der Waals surface area contributed by atoms with Crippen LogP contribution in [0.1, 0.15) is 18.1 Å². The number of benzene rings is 2. The van der Waals surface area contributed by atoms with Crippen LogP contribution in [0.4, 0.5) is 0 Å². The maximum Gasteiger partial charge on any atom is 0.208 e. The average molecular weight is 256 g/mol. The van der Waals surface area contributed by atoms with Gasteiger partial charge in [-0.1, -0.05) is 48.5 Å². The van der Waals surface area contributed by atoms with Crippen LogP contribution < -0.4 is 0 Å². The molecule has 1 aliphatic heterocycles. The van der Waals surface area contributed by atoms with Gasteiger partial charge in [0.05, 0.1) is 9.80 Å². The molecule has 3 rings (SSSR count). The van der Waals surface area contributed by atoms with Crippen LogP contribution in [0.15, 0.2) is 59.5 Å². The van der Waals surface area contributed by atoms with E-state index in [-0.39, 0.29) is 0 Å². The van der Waals surface area contributed by atoms with E-state index in [4.69, 9.17) is 0 Å². The minimum atomic E-state index is -3.37. The summed E-state index contributed by atoms with van der Waals surface area (Å²) in [6.07, 6.45) is 0. The highest BCUT2D eigenvalue weighted by Gasteiger charge is 2.33. The Bertz CT molecular complexity index is 741. The van der Waals surface area contributed by atoms with Crippen molar-refractivity contribution in [2.75, 3.05) is 0 Å². The third-order valence-electron chi connectivity index (χ3n) is 3.23. The van der Waals surface area contributed by atoms with Crippen LogP contribution in [0.25, 0.3) is 10.5 Å². The Morgan fingerprint density at radius 1 is 0.833 bits per heavy atom. The van der Waals surface area contributed by atoms with Crippen LogP contribution >= 0.6 is 0 Å². The van der Waals surface area contributed by atoms with Gasteiger partial charge in [-0.05, 0) is 29.7 Å². The van der Waals surface area contributed by atoms with Crippen molar-refractivity contribution in [3.8, 4) is 0 Å². The molecule has 0 atom stereocenters. The summed E-state index contributed by atoms with van der Waals surface area (Å²) in [6.45, 7) is 1.87. The van der Waals surface area contributed by atoms with E-state index in [1.807, 2.05) is 49.4 Å². The molecule has 2 aromatic rings. The van der Waals surface area contributed by atoms with Gasteiger partial charge in [-0.25, -0.2) is 8.42 Å². The summed E-state index contributed by atoms with van der Waals surface area (Å²) in [7, 11) is -3.37. The van der Waals surface area contributed by atoms with Crippen LogP contribution in [0.2, 0.25) is 0 Å². The molecule has 0 aromatic heterocycles. The van der Waals surface area contributed by atoms with E-state index < -0.39 is 9.84 Å². The van der Waals surface area contributed by atoms with Crippen molar-refractivity contribution in [2.24, 2.45) is 0 Å². The van der Waals surface area contributed by atoms with Gasteiger partial charge in [-0.15, -0.1) is 0 Å². The molecular formula is C15H12O2S. The molecule has 0 aliphatic carbocycles. The minimum absolute atomic E-state index is 0.418. The molecule has 1 heterocycles. The second-order valence-electron chi connectivity index (χ2n) is 4.32. The molecule has 0 N–H and O–H groups in total. The molecule has 2 aromatic carbocycles. The van der Waals surface area contributed by atoms with Crippen LogP contribution in [0.5, 0.6) is 0 Å². The van der Waals surface area contributed by atoms with E-state index in [0.29, 0.717) is 9.80 Å². The van der Waals surface area contributed by atoms with Crippen molar-refractivity contribution in [1.29, 1.82) is 0 Å². The van der Waals surface area contributed by atoms with Gasteiger partial charge in [-0.3, -0.25) is 0 Å². The monoisotopic (exact) mass is 256 g/mol. The van der Waals surface area contributed by atoms with Crippen LogP contribution in [-0.4, -0.2) is 8.42 Å². The zero-order valence-electron chi connectivity index (χ0n) is 9.92. The van der Waals surface area contributed by atoms with E-state index in [2.05, 4.69) is 0 Å². The molecule has 90 valence electrons. The molecule has 1 aliphatic rings.